The fourth-order valence-electron chi connectivity index (χ4n) is 2.54. The van der Waals surface area contributed by atoms with E-state index in [9.17, 15) is 8.42 Å². The second-order valence-corrected chi connectivity index (χ2v) is 6.76. The van der Waals surface area contributed by atoms with Crippen LogP contribution in [0.25, 0.3) is 0 Å². The molecule has 2 atom stereocenters. The van der Waals surface area contributed by atoms with Gasteiger partial charge in [-0.1, -0.05) is 0 Å². The predicted molar refractivity (Wildman–Crippen MR) is 47.6 cm³/mol. The van der Waals surface area contributed by atoms with Gasteiger partial charge in [-0.15, -0.1) is 0 Å². The van der Waals surface area contributed by atoms with Gasteiger partial charge in [0.1, 0.15) is 37.7 Å². The zero-order chi connectivity index (χ0) is 9.05. The Morgan fingerprint density at radius 2 is 1.23 bits per heavy atom. The molecule has 0 aromatic carbocycles. The third kappa shape index (κ3) is 1.49. The van der Waals surface area contributed by atoms with Crippen LogP contribution in [0.4, 0.5) is 0 Å². The minimum absolute atomic E-state index is 0.433. The highest BCUT2D eigenvalue weighted by Gasteiger charge is 2.55. The topological polar surface area (TPSA) is 43.0 Å². The quantitative estimate of drug-likeness (QED) is 0.450. The molecular formula is C8H16N2O2S+2. The minimum Gasteiger partial charge on any atom is -0.317 e. The predicted octanol–water partition coefficient (Wildman–Crippen LogP) is -4.05. The Labute approximate surface area is 78.4 Å². The number of nitrogens with one attached hydrogen (secondary N) is 2. The van der Waals surface area contributed by atoms with Gasteiger partial charge in [0.15, 0.2) is 21.9 Å². The van der Waals surface area contributed by atoms with E-state index in [1.807, 2.05) is 0 Å². The van der Waals surface area contributed by atoms with Crippen LogP contribution in [0, 0.1) is 0 Å². The van der Waals surface area contributed by atoms with E-state index in [-0.39, 0.29) is 0 Å². The van der Waals surface area contributed by atoms with Gasteiger partial charge in [0.25, 0.3) is 0 Å². The average molecular weight is 204 g/mol. The van der Waals surface area contributed by atoms with Gasteiger partial charge in [-0.3, -0.25) is 0 Å². The van der Waals surface area contributed by atoms with Crippen molar-refractivity contribution in [3.63, 3.8) is 0 Å². The van der Waals surface area contributed by atoms with Crippen LogP contribution in [-0.4, -0.2) is 58.2 Å². The van der Waals surface area contributed by atoms with Gasteiger partial charge in [0, 0.05) is 0 Å². The van der Waals surface area contributed by atoms with E-state index in [1.54, 1.807) is 0 Å². The van der Waals surface area contributed by atoms with Crippen LogP contribution in [0.3, 0.4) is 0 Å². The van der Waals surface area contributed by atoms with Crippen molar-refractivity contribution in [2.45, 2.75) is 12.1 Å². The van der Waals surface area contributed by atoms with Crippen LogP contribution in [0.1, 0.15) is 0 Å². The number of quaternary nitrogens is 2. The molecule has 0 radical (unpaired) electrons. The first-order chi connectivity index (χ1) is 6.16. The molecule has 3 aliphatic rings. The molecule has 5 heteroatoms. The molecule has 0 unspecified atom stereocenters. The molecule has 74 valence electrons. The Kier molecular flexibility index (Phi) is 1.55. The van der Waals surface area contributed by atoms with E-state index < -0.39 is 9.84 Å². The minimum atomic E-state index is -2.70. The van der Waals surface area contributed by atoms with Gasteiger partial charge in [0.05, 0.1) is 0 Å². The zero-order valence-corrected chi connectivity index (χ0v) is 8.44. The Morgan fingerprint density at radius 3 is 1.54 bits per heavy atom. The van der Waals surface area contributed by atoms with Crippen LogP contribution in [0.15, 0.2) is 0 Å². The first-order valence-electron chi connectivity index (χ1n) is 5.05. The lowest BCUT2D eigenvalue weighted by molar-refractivity contribution is -0.864. The average Bonchev–Trinajstić information content (AvgIpc) is 2.90. The molecule has 13 heavy (non-hydrogen) atoms. The molecular weight excluding hydrogens is 188 g/mol. The van der Waals surface area contributed by atoms with E-state index in [1.165, 1.54) is 36.0 Å². The van der Waals surface area contributed by atoms with E-state index >= 15 is 0 Å². The largest absolute Gasteiger partial charge is 0.317 e. The van der Waals surface area contributed by atoms with Crippen molar-refractivity contribution < 1.29 is 18.2 Å². The fourth-order valence-corrected chi connectivity index (χ4v) is 4.70. The van der Waals surface area contributed by atoms with Crippen LogP contribution in [0.2, 0.25) is 0 Å². The Bertz CT molecular complexity index is 293. The summed E-state index contributed by atoms with van der Waals surface area (Å²) in [5, 5.41) is 0. The maximum atomic E-state index is 11.5. The van der Waals surface area contributed by atoms with Crippen molar-refractivity contribution in [1.29, 1.82) is 0 Å². The normalized spacial score (nSPS) is 43.7. The van der Waals surface area contributed by atoms with Crippen molar-refractivity contribution in [3.05, 3.63) is 0 Å². The summed E-state index contributed by atoms with van der Waals surface area (Å²) in [5.74, 6) is 0.910. The summed E-state index contributed by atoms with van der Waals surface area (Å²) in [6.45, 7) is 4.79. The van der Waals surface area contributed by atoms with Crippen molar-refractivity contribution in [2.75, 3.05) is 37.7 Å². The summed E-state index contributed by atoms with van der Waals surface area (Å²) in [5.41, 5.74) is 0. The molecule has 3 heterocycles. The van der Waals surface area contributed by atoms with E-state index in [0.717, 1.165) is 0 Å². The van der Waals surface area contributed by atoms with Crippen LogP contribution in [0.5, 0.6) is 0 Å². The molecule has 3 rings (SSSR count). The molecule has 3 saturated heterocycles. The van der Waals surface area contributed by atoms with Gasteiger partial charge in [-0.2, -0.15) is 0 Å². The lowest BCUT2D eigenvalue weighted by Crippen LogP contribution is -3.10. The molecule has 0 aromatic heterocycles. The van der Waals surface area contributed by atoms with Crippen molar-refractivity contribution in [1.82, 2.24) is 0 Å². The third-order valence-electron chi connectivity index (χ3n) is 3.48. The molecule has 3 aliphatic heterocycles. The number of sulfone groups is 1. The molecule has 0 bridgehead atoms. The first kappa shape index (κ1) is 8.20. The summed E-state index contributed by atoms with van der Waals surface area (Å²) < 4.78 is 23.0. The van der Waals surface area contributed by atoms with Crippen LogP contribution < -0.4 is 9.80 Å². The Balaban J connectivity index is 1.82. The lowest BCUT2D eigenvalue weighted by atomic mass is 10.2. The van der Waals surface area contributed by atoms with Crippen molar-refractivity contribution in [2.24, 2.45) is 0 Å². The molecule has 4 nitrogen and oxygen atoms in total. The highest BCUT2D eigenvalue weighted by molar-refractivity contribution is 7.91. The van der Waals surface area contributed by atoms with E-state index in [4.69, 9.17) is 0 Å². The number of rotatable bonds is 2. The third-order valence-corrected chi connectivity index (χ3v) is 5.21. The van der Waals surface area contributed by atoms with Crippen molar-refractivity contribution in [3.8, 4) is 0 Å². The molecule has 0 aliphatic carbocycles. The highest BCUT2D eigenvalue weighted by atomic mass is 32.2. The highest BCUT2D eigenvalue weighted by Crippen LogP contribution is 2.10. The second kappa shape index (κ2) is 2.46. The summed E-state index contributed by atoms with van der Waals surface area (Å²) in [7, 11) is -2.70. The summed E-state index contributed by atoms with van der Waals surface area (Å²) in [4.78, 5) is 3.07. The number of hydrogen-bond donors (Lipinski definition) is 2. The number of hydrogen-bond acceptors (Lipinski definition) is 2. The van der Waals surface area contributed by atoms with Crippen LogP contribution >= 0.6 is 0 Å². The fraction of sp³-hybridized carbons (Fsp3) is 1.00. The maximum Gasteiger partial charge on any atom is 0.162 e. The smallest absolute Gasteiger partial charge is 0.162 e. The summed E-state index contributed by atoms with van der Waals surface area (Å²) >= 11 is 0. The van der Waals surface area contributed by atoms with Gasteiger partial charge < -0.3 is 9.80 Å². The second-order valence-electron chi connectivity index (χ2n) is 4.61. The molecule has 0 aromatic rings. The van der Waals surface area contributed by atoms with Crippen molar-refractivity contribution >= 4 is 9.84 Å². The van der Waals surface area contributed by atoms with Gasteiger partial charge in [-0.25, -0.2) is 8.42 Å². The van der Waals surface area contributed by atoms with Crippen LogP contribution in [-0.2, 0) is 9.84 Å². The Morgan fingerprint density at radius 1 is 0.846 bits per heavy atom. The van der Waals surface area contributed by atoms with E-state index in [2.05, 4.69) is 0 Å². The monoisotopic (exact) mass is 204 g/mol. The molecule has 0 saturated carbocycles. The maximum absolute atomic E-state index is 11.5. The molecule has 0 amide bonds. The molecule has 2 N–H and O–H groups in total. The zero-order valence-electron chi connectivity index (χ0n) is 7.62. The first-order valence-corrected chi connectivity index (χ1v) is 6.87. The summed E-state index contributed by atoms with van der Waals surface area (Å²) in [6.07, 6.45) is 0. The molecule has 3 fully saturated rings. The van der Waals surface area contributed by atoms with Gasteiger partial charge >= 0.3 is 0 Å². The molecule has 0 spiro atoms. The van der Waals surface area contributed by atoms with Gasteiger partial charge in [-0.05, 0) is 0 Å². The van der Waals surface area contributed by atoms with Gasteiger partial charge in [0.2, 0.25) is 0 Å². The SMILES string of the molecule is O=S1(=O)C[C@H]([NH+]2CC2)[C@@H]([NH+]2CC2)C1. The lowest BCUT2D eigenvalue weighted by Gasteiger charge is -2.13. The Hall–Kier alpha value is -0.130. The summed E-state index contributed by atoms with van der Waals surface area (Å²) in [6, 6.07) is 0.866. The van der Waals surface area contributed by atoms with E-state index in [0.29, 0.717) is 23.6 Å². The standard InChI is InChI=1S/C8H14N2O2S/c11-13(12)5-7(9-1-2-9)8(6-13)10-3-4-10/h7-8H,1-6H2/p+2/t7-,8-/m0/s1.